The number of aromatic nitrogens is 1. The van der Waals surface area contributed by atoms with Gasteiger partial charge in [0, 0.05) is 16.1 Å². The number of thiocarbonyl (C=S) groups is 1. The Morgan fingerprint density at radius 1 is 1.00 bits per heavy atom. The molecule has 0 fully saturated rings. The zero-order valence-corrected chi connectivity index (χ0v) is 17.1. The molecule has 0 aliphatic rings. The summed E-state index contributed by atoms with van der Waals surface area (Å²) in [5.41, 5.74) is 3.08. The van der Waals surface area contributed by atoms with E-state index in [1.54, 1.807) is 42.5 Å². The topological polar surface area (TPSA) is 67.2 Å². The van der Waals surface area contributed by atoms with Crippen molar-refractivity contribution in [1.82, 2.24) is 10.3 Å². The predicted octanol–water partition coefficient (Wildman–Crippen LogP) is 5.93. The van der Waals surface area contributed by atoms with Gasteiger partial charge in [-0.25, -0.2) is 4.98 Å². The van der Waals surface area contributed by atoms with Gasteiger partial charge in [-0.1, -0.05) is 41.4 Å². The van der Waals surface area contributed by atoms with E-state index in [4.69, 9.17) is 39.8 Å². The van der Waals surface area contributed by atoms with Crippen LogP contribution >= 0.6 is 35.4 Å². The van der Waals surface area contributed by atoms with Gasteiger partial charge in [-0.3, -0.25) is 10.1 Å². The van der Waals surface area contributed by atoms with Gasteiger partial charge < -0.3 is 9.73 Å². The summed E-state index contributed by atoms with van der Waals surface area (Å²) in [6.45, 7) is 0. The van der Waals surface area contributed by atoms with Crippen molar-refractivity contribution in [3.05, 3.63) is 82.3 Å². The molecule has 8 heteroatoms. The maximum Gasteiger partial charge on any atom is 0.257 e. The Labute approximate surface area is 181 Å². The molecule has 2 N–H and O–H groups in total. The quantitative estimate of drug-likeness (QED) is 0.385. The van der Waals surface area contributed by atoms with Gasteiger partial charge in [-0.05, 0) is 60.7 Å². The minimum absolute atomic E-state index is 0.103. The van der Waals surface area contributed by atoms with Gasteiger partial charge in [0.2, 0.25) is 5.89 Å². The molecular formula is C21H13Cl2N3O2S. The summed E-state index contributed by atoms with van der Waals surface area (Å²) in [7, 11) is 0. The van der Waals surface area contributed by atoms with Crippen LogP contribution in [0.3, 0.4) is 0 Å². The lowest BCUT2D eigenvalue weighted by molar-refractivity contribution is 0.0977. The third-order valence-electron chi connectivity index (χ3n) is 4.07. The molecule has 0 saturated heterocycles. The fourth-order valence-electron chi connectivity index (χ4n) is 2.71. The van der Waals surface area contributed by atoms with E-state index < -0.39 is 0 Å². The van der Waals surface area contributed by atoms with Crippen molar-refractivity contribution in [1.29, 1.82) is 0 Å². The molecule has 4 aromatic rings. The molecule has 1 heterocycles. The summed E-state index contributed by atoms with van der Waals surface area (Å²) in [5.74, 6) is 0.0797. The lowest BCUT2D eigenvalue weighted by Crippen LogP contribution is -2.34. The van der Waals surface area contributed by atoms with Crippen LogP contribution < -0.4 is 10.6 Å². The molecule has 4 rings (SSSR count). The average Bonchev–Trinajstić information content (AvgIpc) is 3.14. The Bertz CT molecular complexity index is 1210. The van der Waals surface area contributed by atoms with Crippen molar-refractivity contribution in [2.24, 2.45) is 0 Å². The van der Waals surface area contributed by atoms with Crippen molar-refractivity contribution >= 4 is 63.2 Å². The van der Waals surface area contributed by atoms with Crippen molar-refractivity contribution in [2.75, 3.05) is 5.32 Å². The molecule has 0 unspecified atom stereocenters. The summed E-state index contributed by atoms with van der Waals surface area (Å²) in [4.78, 5) is 16.8. The van der Waals surface area contributed by atoms with Gasteiger partial charge in [0.1, 0.15) is 5.52 Å². The van der Waals surface area contributed by atoms with Crippen molar-refractivity contribution in [3.63, 3.8) is 0 Å². The zero-order valence-electron chi connectivity index (χ0n) is 14.8. The van der Waals surface area contributed by atoms with Crippen LogP contribution in [0.2, 0.25) is 10.0 Å². The van der Waals surface area contributed by atoms with Gasteiger partial charge in [-0.2, -0.15) is 0 Å². The smallest absolute Gasteiger partial charge is 0.257 e. The Balaban J connectivity index is 1.53. The summed E-state index contributed by atoms with van der Waals surface area (Å²) < 4.78 is 5.79. The number of carbonyl (C=O) groups is 1. The largest absolute Gasteiger partial charge is 0.436 e. The highest BCUT2D eigenvalue weighted by Crippen LogP contribution is 2.30. The number of fused-ring (bicyclic) bond motifs is 1. The Kier molecular flexibility index (Phi) is 5.49. The Hall–Kier alpha value is -2.93. The zero-order chi connectivity index (χ0) is 20.4. The van der Waals surface area contributed by atoms with Crippen LogP contribution in [0.5, 0.6) is 0 Å². The number of benzene rings is 3. The lowest BCUT2D eigenvalue weighted by Gasteiger charge is -2.12. The van der Waals surface area contributed by atoms with Gasteiger partial charge in [0.15, 0.2) is 10.7 Å². The van der Waals surface area contributed by atoms with Crippen molar-refractivity contribution in [2.45, 2.75) is 0 Å². The Morgan fingerprint density at radius 3 is 2.62 bits per heavy atom. The van der Waals surface area contributed by atoms with E-state index in [2.05, 4.69) is 15.6 Å². The number of para-hydroxylation sites is 2. The first-order valence-electron chi connectivity index (χ1n) is 8.53. The second-order valence-electron chi connectivity index (χ2n) is 6.10. The van der Waals surface area contributed by atoms with Crippen LogP contribution in [0.1, 0.15) is 10.4 Å². The number of anilines is 1. The Morgan fingerprint density at radius 2 is 1.83 bits per heavy atom. The van der Waals surface area contributed by atoms with Crippen LogP contribution in [0.4, 0.5) is 5.69 Å². The van der Waals surface area contributed by atoms with E-state index in [1.165, 1.54) is 0 Å². The number of hydrogen-bond acceptors (Lipinski definition) is 4. The normalized spacial score (nSPS) is 10.7. The maximum absolute atomic E-state index is 12.3. The number of nitrogens with zero attached hydrogens (tertiary/aromatic N) is 1. The molecule has 0 saturated carbocycles. The molecule has 1 aromatic heterocycles. The van der Waals surface area contributed by atoms with E-state index >= 15 is 0 Å². The fourth-order valence-corrected chi connectivity index (χ4v) is 3.27. The maximum atomic E-state index is 12.3. The first-order valence-corrected chi connectivity index (χ1v) is 9.69. The fraction of sp³-hybridized carbons (Fsp3) is 0. The second-order valence-corrected chi connectivity index (χ2v) is 7.35. The third kappa shape index (κ3) is 4.40. The number of carbonyl (C=O) groups excluding carboxylic acids is 1. The number of amides is 1. The van der Waals surface area contributed by atoms with Gasteiger partial charge >= 0.3 is 0 Å². The average molecular weight is 442 g/mol. The standard InChI is InChI=1S/C21H13Cl2N3O2S/c22-14-5-3-4-12(10-14)19(27)26-21(29)25-17-11-13(8-9-15(17)23)20-24-16-6-1-2-7-18(16)28-20/h1-11H,(H2,25,26,27,29). The molecule has 0 bridgehead atoms. The molecule has 1 amide bonds. The molecule has 3 aromatic carbocycles. The molecule has 29 heavy (non-hydrogen) atoms. The highest BCUT2D eigenvalue weighted by Gasteiger charge is 2.13. The molecule has 0 aliphatic carbocycles. The highest BCUT2D eigenvalue weighted by molar-refractivity contribution is 7.80. The molecule has 0 spiro atoms. The van der Waals surface area contributed by atoms with E-state index in [1.807, 2.05) is 24.3 Å². The molecule has 0 aliphatic heterocycles. The monoisotopic (exact) mass is 441 g/mol. The minimum Gasteiger partial charge on any atom is -0.436 e. The van der Waals surface area contributed by atoms with E-state index in [0.29, 0.717) is 32.8 Å². The molecule has 0 atom stereocenters. The first kappa shape index (κ1) is 19.4. The van der Waals surface area contributed by atoms with Crippen molar-refractivity contribution < 1.29 is 9.21 Å². The van der Waals surface area contributed by atoms with Crippen LogP contribution in [0.15, 0.2) is 71.1 Å². The molecular weight excluding hydrogens is 429 g/mol. The summed E-state index contributed by atoms with van der Waals surface area (Å²) >= 11 is 17.4. The summed E-state index contributed by atoms with van der Waals surface area (Å²) in [6, 6.07) is 19.3. The van der Waals surface area contributed by atoms with Gasteiger partial charge in [0.25, 0.3) is 5.91 Å². The van der Waals surface area contributed by atoms with E-state index in [9.17, 15) is 4.79 Å². The van der Waals surface area contributed by atoms with E-state index in [0.717, 1.165) is 11.1 Å². The number of halogens is 2. The molecule has 5 nitrogen and oxygen atoms in total. The highest BCUT2D eigenvalue weighted by atomic mass is 35.5. The number of nitrogens with one attached hydrogen (secondary N) is 2. The van der Waals surface area contributed by atoms with Gasteiger partial charge in [0.05, 0.1) is 10.7 Å². The van der Waals surface area contributed by atoms with Gasteiger partial charge in [-0.15, -0.1) is 0 Å². The van der Waals surface area contributed by atoms with Crippen LogP contribution in [0, 0.1) is 0 Å². The number of rotatable bonds is 3. The minimum atomic E-state index is -0.378. The third-order valence-corrected chi connectivity index (χ3v) is 4.84. The number of hydrogen-bond donors (Lipinski definition) is 2. The van der Waals surface area contributed by atoms with Crippen LogP contribution in [-0.2, 0) is 0 Å². The summed E-state index contributed by atoms with van der Waals surface area (Å²) in [5, 5.41) is 6.54. The first-order chi connectivity index (χ1) is 14.0. The van der Waals surface area contributed by atoms with Crippen LogP contribution in [-0.4, -0.2) is 16.0 Å². The molecule has 0 radical (unpaired) electrons. The number of oxazole rings is 1. The summed E-state index contributed by atoms with van der Waals surface area (Å²) in [6.07, 6.45) is 0. The lowest BCUT2D eigenvalue weighted by atomic mass is 10.2. The van der Waals surface area contributed by atoms with E-state index in [-0.39, 0.29) is 11.0 Å². The SMILES string of the molecule is O=C(NC(=S)Nc1cc(-c2nc3ccccc3o2)ccc1Cl)c1cccc(Cl)c1. The second kappa shape index (κ2) is 8.21. The molecule has 144 valence electrons. The predicted molar refractivity (Wildman–Crippen MR) is 120 cm³/mol. The van der Waals surface area contributed by atoms with Crippen molar-refractivity contribution in [3.8, 4) is 11.5 Å². The van der Waals surface area contributed by atoms with Crippen LogP contribution in [0.25, 0.3) is 22.6 Å².